The second-order valence-corrected chi connectivity index (χ2v) is 5.46. The average molecular weight is 321 g/mol. The Morgan fingerprint density at radius 1 is 0.833 bits per heavy atom. The smallest absolute Gasteiger partial charge is 0.0671 e. The van der Waals surface area contributed by atoms with Gasteiger partial charge in [-0.15, -0.1) is 0 Å². The normalized spacial score (nSPS) is 10.7. The molecule has 0 saturated carbocycles. The molecule has 0 atom stereocenters. The second-order valence-electron chi connectivity index (χ2n) is 3.80. The van der Waals surface area contributed by atoms with Gasteiger partial charge in [-0.05, 0) is 41.5 Å². The van der Waals surface area contributed by atoms with Gasteiger partial charge in [0, 0.05) is 22.2 Å². The number of halogens is 4. The summed E-state index contributed by atoms with van der Waals surface area (Å²) in [6.45, 7) is 0.402. The van der Waals surface area contributed by atoms with Crippen LogP contribution >= 0.6 is 46.4 Å². The molecule has 1 nitrogen and oxygen atoms in total. The Bertz CT molecular complexity index is 596. The minimum Gasteiger partial charge on any atom is -0.326 e. The van der Waals surface area contributed by atoms with Gasteiger partial charge in [-0.2, -0.15) is 0 Å². The molecule has 0 aliphatic rings. The predicted molar refractivity (Wildman–Crippen MR) is 79.8 cm³/mol. The fourth-order valence-corrected chi connectivity index (χ4v) is 2.66. The summed E-state index contributed by atoms with van der Waals surface area (Å²) in [5.74, 6) is 0. The van der Waals surface area contributed by atoms with Crippen LogP contribution in [0.1, 0.15) is 5.56 Å². The fraction of sp³-hybridized carbons (Fsp3) is 0.0769. The lowest BCUT2D eigenvalue weighted by atomic mass is 10.0. The van der Waals surface area contributed by atoms with E-state index in [2.05, 4.69) is 0 Å². The monoisotopic (exact) mass is 319 g/mol. The third kappa shape index (κ3) is 2.93. The molecule has 0 radical (unpaired) electrons. The highest BCUT2D eigenvalue weighted by atomic mass is 35.5. The molecule has 2 aromatic carbocycles. The van der Waals surface area contributed by atoms with E-state index in [4.69, 9.17) is 52.1 Å². The van der Waals surface area contributed by atoms with Crippen LogP contribution in [-0.4, -0.2) is 0 Å². The van der Waals surface area contributed by atoms with E-state index >= 15 is 0 Å². The van der Waals surface area contributed by atoms with Crippen molar-refractivity contribution in [2.45, 2.75) is 6.54 Å². The molecule has 0 fully saturated rings. The second kappa shape index (κ2) is 5.68. The van der Waals surface area contributed by atoms with Gasteiger partial charge in [0.1, 0.15) is 0 Å². The Balaban J connectivity index is 2.65. The van der Waals surface area contributed by atoms with Crippen LogP contribution in [0, 0.1) is 0 Å². The SMILES string of the molecule is NCc1cc(Cl)cc(-c2cc(Cl)cc(Cl)c2Cl)c1. The lowest BCUT2D eigenvalue weighted by molar-refractivity contribution is 1.07. The van der Waals surface area contributed by atoms with E-state index in [0.717, 1.165) is 16.7 Å². The van der Waals surface area contributed by atoms with Crippen molar-refractivity contribution < 1.29 is 0 Å². The number of benzene rings is 2. The molecule has 0 saturated heterocycles. The van der Waals surface area contributed by atoms with Crippen molar-refractivity contribution >= 4 is 46.4 Å². The first-order valence-corrected chi connectivity index (χ1v) is 6.67. The Hall–Kier alpha value is -0.440. The minimum absolute atomic E-state index is 0.402. The highest BCUT2D eigenvalue weighted by Crippen LogP contribution is 2.37. The highest BCUT2D eigenvalue weighted by molar-refractivity contribution is 6.45. The standard InChI is InChI=1S/C13H9Cl4N/c14-9-2-7(6-18)1-8(3-9)11-4-10(15)5-12(16)13(11)17/h1-5H,6,18H2. The molecule has 0 unspecified atom stereocenters. The summed E-state index contributed by atoms with van der Waals surface area (Å²) in [4.78, 5) is 0. The van der Waals surface area contributed by atoms with Crippen LogP contribution in [0.15, 0.2) is 30.3 Å². The van der Waals surface area contributed by atoms with Crippen molar-refractivity contribution in [3.05, 3.63) is 56.0 Å². The van der Waals surface area contributed by atoms with Gasteiger partial charge < -0.3 is 5.73 Å². The largest absolute Gasteiger partial charge is 0.326 e. The van der Waals surface area contributed by atoms with Crippen LogP contribution in [0.3, 0.4) is 0 Å². The number of rotatable bonds is 2. The molecular weight excluding hydrogens is 312 g/mol. The average Bonchev–Trinajstić information content (AvgIpc) is 2.32. The first kappa shape index (κ1) is 14.0. The Labute approximate surface area is 125 Å². The van der Waals surface area contributed by atoms with E-state index in [-0.39, 0.29) is 0 Å². The van der Waals surface area contributed by atoms with E-state index in [0.29, 0.717) is 26.6 Å². The van der Waals surface area contributed by atoms with Gasteiger partial charge in [-0.25, -0.2) is 0 Å². The van der Waals surface area contributed by atoms with E-state index < -0.39 is 0 Å². The molecule has 2 N–H and O–H groups in total. The molecule has 2 rings (SSSR count). The van der Waals surface area contributed by atoms with E-state index in [1.165, 1.54) is 0 Å². The van der Waals surface area contributed by atoms with Crippen molar-refractivity contribution in [2.75, 3.05) is 0 Å². The summed E-state index contributed by atoms with van der Waals surface area (Å²) in [6, 6.07) is 8.88. The first-order chi connectivity index (χ1) is 8.51. The molecule has 18 heavy (non-hydrogen) atoms. The van der Waals surface area contributed by atoms with Crippen LogP contribution in [0.25, 0.3) is 11.1 Å². The molecule has 5 heteroatoms. The Kier molecular flexibility index (Phi) is 4.41. The van der Waals surface area contributed by atoms with Crippen LogP contribution in [-0.2, 0) is 6.54 Å². The maximum atomic E-state index is 6.18. The van der Waals surface area contributed by atoms with Crippen LogP contribution < -0.4 is 5.73 Å². The molecular formula is C13H9Cl4N. The van der Waals surface area contributed by atoms with Crippen molar-refractivity contribution in [1.29, 1.82) is 0 Å². The van der Waals surface area contributed by atoms with E-state index in [1.54, 1.807) is 18.2 Å². The van der Waals surface area contributed by atoms with Gasteiger partial charge in [0.15, 0.2) is 0 Å². The number of hydrogen-bond donors (Lipinski definition) is 1. The summed E-state index contributed by atoms with van der Waals surface area (Å²) in [5, 5.41) is 1.98. The maximum Gasteiger partial charge on any atom is 0.0671 e. The summed E-state index contributed by atoms with van der Waals surface area (Å²) in [5.41, 5.74) is 8.13. The van der Waals surface area contributed by atoms with Gasteiger partial charge in [0.2, 0.25) is 0 Å². The van der Waals surface area contributed by atoms with Crippen LogP contribution in [0.2, 0.25) is 20.1 Å². The Morgan fingerprint density at radius 3 is 2.17 bits per heavy atom. The summed E-state index contributed by atoms with van der Waals surface area (Å²) in [7, 11) is 0. The number of hydrogen-bond acceptors (Lipinski definition) is 1. The van der Waals surface area contributed by atoms with E-state index in [9.17, 15) is 0 Å². The fourth-order valence-electron chi connectivity index (χ4n) is 1.69. The zero-order valence-corrected chi connectivity index (χ0v) is 12.2. The molecule has 0 heterocycles. The lowest BCUT2D eigenvalue weighted by Crippen LogP contribution is -1.96. The zero-order chi connectivity index (χ0) is 13.3. The molecule has 0 aliphatic heterocycles. The summed E-state index contributed by atoms with van der Waals surface area (Å²) < 4.78 is 0. The van der Waals surface area contributed by atoms with Crippen molar-refractivity contribution in [2.24, 2.45) is 5.73 Å². The topological polar surface area (TPSA) is 26.0 Å². The first-order valence-electron chi connectivity index (χ1n) is 5.15. The van der Waals surface area contributed by atoms with Gasteiger partial charge in [-0.3, -0.25) is 0 Å². The van der Waals surface area contributed by atoms with Gasteiger partial charge in [0.25, 0.3) is 0 Å². The minimum atomic E-state index is 0.402. The molecule has 0 aliphatic carbocycles. The summed E-state index contributed by atoms with van der Waals surface area (Å²) in [6.07, 6.45) is 0. The quantitative estimate of drug-likeness (QED) is 0.734. The zero-order valence-electron chi connectivity index (χ0n) is 9.18. The number of nitrogens with two attached hydrogens (primary N) is 1. The highest BCUT2D eigenvalue weighted by Gasteiger charge is 2.10. The van der Waals surface area contributed by atoms with Crippen molar-refractivity contribution in [1.82, 2.24) is 0 Å². The Morgan fingerprint density at radius 2 is 1.50 bits per heavy atom. The predicted octanol–water partition coefficient (Wildman–Crippen LogP) is 5.43. The third-order valence-electron chi connectivity index (χ3n) is 2.50. The van der Waals surface area contributed by atoms with E-state index in [1.807, 2.05) is 12.1 Å². The molecule has 0 aromatic heterocycles. The van der Waals surface area contributed by atoms with Crippen LogP contribution in [0.4, 0.5) is 0 Å². The van der Waals surface area contributed by atoms with Gasteiger partial charge in [-0.1, -0.05) is 46.4 Å². The molecule has 94 valence electrons. The van der Waals surface area contributed by atoms with Crippen molar-refractivity contribution in [3.8, 4) is 11.1 Å². The molecule has 2 aromatic rings. The summed E-state index contributed by atoms with van der Waals surface area (Å²) >= 11 is 24.2. The molecule has 0 spiro atoms. The third-order valence-corrected chi connectivity index (χ3v) is 3.74. The van der Waals surface area contributed by atoms with Crippen molar-refractivity contribution in [3.63, 3.8) is 0 Å². The van der Waals surface area contributed by atoms with Crippen LogP contribution in [0.5, 0.6) is 0 Å². The lowest BCUT2D eigenvalue weighted by Gasteiger charge is -2.09. The molecule has 0 amide bonds. The van der Waals surface area contributed by atoms with Gasteiger partial charge >= 0.3 is 0 Å². The maximum absolute atomic E-state index is 6.18. The molecule has 0 bridgehead atoms. The van der Waals surface area contributed by atoms with Gasteiger partial charge in [0.05, 0.1) is 10.0 Å².